The van der Waals surface area contributed by atoms with Gasteiger partial charge in [-0.05, 0) is 0 Å². The van der Waals surface area contributed by atoms with Crippen LogP contribution in [0, 0.1) is 0 Å². The second-order valence-electron chi connectivity index (χ2n) is 2.66. The zero-order chi connectivity index (χ0) is 13.3. The van der Waals surface area contributed by atoms with Crippen molar-refractivity contribution in [1.29, 1.82) is 0 Å². The number of hydrogen-bond acceptors (Lipinski definition) is 9. The molecule has 13 heteroatoms. The van der Waals surface area contributed by atoms with Crippen molar-refractivity contribution in [3.63, 3.8) is 0 Å². The van der Waals surface area contributed by atoms with E-state index in [2.05, 4.69) is 4.42 Å². The fraction of sp³-hybridized carbons (Fsp3) is 0. The van der Waals surface area contributed by atoms with E-state index in [1.54, 1.807) is 0 Å². The maximum atomic E-state index is 10.5. The topological polar surface area (TPSA) is 174 Å². The molecule has 1 aromatic rings. The predicted molar refractivity (Wildman–Crippen MR) is 36.0 cm³/mol. The summed E-state index contributed by atoms with van der Waals surface area (Å²) in [5.74, 6) is -12.0. The van der Waals surface area contributed by atoms with Crippen molar-refractivity contribution < 1.29 is 162 Å². The summed E-state index contributed by atoms with van der Waals surface area (Å²) in [6, 6.07) is 0. The van der Waals surface area contributed by atoms with Gasteiger partial charge in [0.25, 0.3) is 0 Å². The van der Waals surface area contributed by atoms with Gasteiger partial charge in [-0.15, -0.1) is 0 Å². The molecule has 9 nitrogen and oxygen atoms in total. The van der Waals surface area contributed by atoms with Crippen LogP contribution in [0.25, 0.3) is 0 Å². The number of rotatable bonds is 4. The van der Waals surface area contributed by atoms with E-state index in [1.165, 1.54) is 0 Å². The van der Waals surface area contributed by atoms with E-state index in [1.807, 2.05) is 0 Å². The molecule has 0 fully saturated rings. The van der Waals surface area contributed by atoms with Gasteiger partial charge in [-0.1, -0.05) is 0 Å². The van der Waals surface area contributed by atoms with E-state index in [-0.39, 0.29) is 118 Å². The van der Waals surface area contributed by atoms with Crippen LogP contribution in [0.4, 0.5) is 0 Å². The Bertz CT molecular complexity index is 504. The summed E-state index contributed by atoms with van der Waals surface area (Å²) in [7, 11) is 0. The average Bonchev–Trinajstić information content (AvgIpc) is 2.56. The van der Waals surface area contributed by atoms with Crippen molar-refractivity contribution in [2.45, 2.75) is 0 Å². The fourth-order valence-corrected chi connectivity index (χ4v) is 1.11. The van der Waals surface area contributed by atoms with Crippen LogP contribution in [0.5, 0.6) is 0 Å². The molecule has 0 aliphatic rings. The quantitative estimate of drug-likeness (QED) is 0.485. The van der Waals surface area contributed by atoms with Gasteiger partial charge < -0.3 is 44.0 Å². The van der Waals surface area contributed by atoms with Crippen LogP contribution in [-0.4, -0.2) is 23.9 Å². The number of carboxylic acids is 4. The van der Waals surface area contributed by atoms with Gasteiger partial charge in [0, 0.05) is 0 Å². The van der Waals surface area contributed by atoms with Gasteiger partial charge >= 0.3 is 118 Å². The zero-order valence-electron chi connectivity index (χ0n) is 11.7. The molecule has 0 bridgehead atoms. The molecular weight excluding hydrogens is 332 g/mol. The standard InChI is InChI=1S/C8H4O9.4Na/c9-5(10)1-2(6(11)12)4(8(15)16)17-3(1)7(13)14;;;;/h(H,9,10)(H,11,12)(H,13,14)(H,15,16);;;;/q;4*+1/p-4. The van der Waals surface area contributed by atoms with Crippen LogP contribution in [0.2, 0.25) is 0 Å². The summed E-state index contributed by atoms with van der Waals surface area (Å²) in [6.45, 7) is 0. The zero-order valence-corrected chi connectivity index (χ0v) is 19.7. The monoisotopic (exact) mass is 332 g/mol. The maximum absolute atomic E-state index is 10.5. The van der Waals surface area contributed by atoms with E-state index in [4.69, 9.17) is 0 Å². The molecule has 0 aliphatic heterocycles. The van der Waals surface area contributed by atoms with Crippen molar-refractivity contribution in [2.24, 2.45) is 0 Å². The SMILES string of the molecule is O=C([O-])c1oc(C(=O)[O-])c(C(=O)[O-])c1C(=O)[O-].[Na+].[Na+].[Na+].[Na+]. The van der Waals surface area contributed by atoms with Crippen molar-refractivity contribution >= 4 is 23.9 Å². The van der Waals surface area contributed by atoms with Crippen LogP contribution in [0.15, 0.2) is 4.42 Å². The molecule has 0 amide bonds. The Kier molecular flexibility index (Phi) is 18.0. The van der Waals surface area contributed by atoms with Crippen LogP contribution >= 0.6 is 0 Å². The van der Waals surface area contributed by atoms with Crippen molar-refractivity contribution in [3.05, 3.63) is 22.6 Å². The first kappa shape index (κ1) is 30.1. The molecule has 1 rings (SSSR count). The predicted octanol–water partition coefficient (Wildman–Crippen LogP) is -17.3. The van der Waals surface area contributed by atoms with Crippen LogP contribution in [0.3, 0.4) is 0 Å². The third-order valence-electron chi connectivity index (χ3n) is 1.69. The molecule has 1 heterocycles. The van der Waals surface area contributed by atoms with Gasteiger partial charge in [-0.2, -0.15) is 0 Å². The molecule has 90 valence electrons. The van der Waals surface area contributed by atoms with Gasteiger partial charge in [0.05, 0.1) is 23.1 Å². The number of carbonyl (C=O) groups excluding carboxylic acids is 4. The second-order valence-corrected chi connectivity index (χ2v) is 2.66. The Morgan fingerprint density at radius 3 is 0.952 bits per heavy atom. The largest absolute Gasteiger partial charge is 1.00 e. The minimum Gasteiger partial charge on any atom is -0.545 e. The fourth-order valence-electron chi connectivity index (χ4n) is 1.11. The van der Waals surface area contributed by atoms with E-state index in [0.29, 0.717) is 0 Å². The molecule has 0 N–H and O–H groups in total. The molecule has 0 atom stereocenters. The molecule has 0 spiro atoms. The molecule has 0 saturated carbocycles. The Morgan fingerprint density at radius 2 is 0.810 bits per heavy atom. The molecular formula is C8Na4O9. The number of carboxylic acid groups (broad SMARTS) is 4. The van der Waals surface area contributed by atoms with E-state index >= 15 is 0 Å². The Hall–Kier alpha value is 1.16. The summed E-state index contributed by atoms with van der Waals surface area (Å²) < 4.78 is 4.03. The van der Waals surface area contributed by atoms with Crippen LogP contribution in [-0.2, 0) is 0 Å². The van der Waals surface area contributed by atoms with Gasteiger partial charge in [-0.25, -0.2) is 0 Å². The van der Waals surface area contributed by atoms with Gasteiger partial charge in [-0.3, -0.25) is 0 Å². The van der Waals surface area contributed by atoms with Crippen molar-refractivity contribution in [1.82, 2.24) is 0 Å². The van der Waals surface area contributed by atoms with E-state index in [9.17, 15) is 39.6 Å². The summed E-state index contributed by atoms with van der Waals surface area (Å²) in [6.07, 6.45) is 0. The molecule has 0 radical (unpaired) electrons. The normalized spacial score (nSPS) is 8.00. The molecule has 0 unspecified atom stereocenters. The Labute approximate surface area is 205 Å². The first-order valence-corrected chi connectivity index (χ1v) is 3.79. The van der Waals surface area contributed by atoms with E-state index in [0.717, 1.165) is 0 Å². The number of carbonyl (C=O) groups is 4. The Balaban J connectivity index is -0.000000361. The number of aromatic carboxylic acids is 4. The first-order valence-electron chi connectivity index (χ1n) is 3.79. The summed E-state index contributed by atoms with van der Waals surface area (Å²) in [5.41, 5.74) is -2.96. The molecule has 0 aromatic carbocycles. The molecule has 0 saturated heterocycles. The molecule has 0 aliphatic carbocycles. The summed E-state index contributed by atoms with van der Waals surface area (Å²) >= 11 is 0. The summed E-state index contributed by atoms with van der Waals surface area (Å²) in [4.78, 5) is 41.9. The smallest absolute Gasteiger partial charge is 0.545 e. The first-order chi connectivity index (χ1) is 7.77. The van der Waals surface area contributed by atoms with Gasteiger partial charge in [0.1, 0.15) is 11.9 Å². The maximum Gasteiger partial charge on any atom is 1.00 e. The minimum absolute atomic E-state index is 0. The van der Waals surface area contributed by atoms with Crippen molar-refractivity contribution in [2.75, 3.05) is 0 Å². The van der Waals surface area contributed by atoms with Crippen LogP contribution < -0.4 is 139 Å². The molecule has 1 aromatic heterocycles. The van der Waals surface area contributed by atoms with Crippen molar-refractivity contribution in [3.8, 4) is 0 Å². The number of furan rings is 1. The summed E-state index contributed by atoms with van der Waals surface area (Å²) in [5, 5.41) is 41.9. The van der Waals surface area contributed by atoms with E-state index < -0.39 is 46.5 Å². The molecule has 21 heavy (non-hydrogen) atoms. The minimum atomic E-state index is -2.26. The third-order valence-corrected chi connectivity index (χ3v) is 1.69. The van der Waals surface area contributed by atoms with Gasteiger partial charge in [0.2, 0.25) is 0 Å². The average molecular weight is 332 g/mol. The number of hydrogen-bond donors (Lipinski definition) is 0. The third kappa shape index (κ3) is 7.06. The second kappa shape index (κ2) is 12.6. The Morgan fingerprint density at radius 1 is 0.571 bits per heavy atom. The van der Waals surface area contributed by atoms with Crippen LogP contribution in [0.1, 0.15) is 41.8 Å². The van der Waals surface area contributed by atoms with Gasteiger partial charge in [0.15, 0.2) is 11.5 Å².